The Morgan fingerprint density at radius 1 is 0.333 bits per heavy atom. The number of nitrogens with zero attached hydrogens (tertiary/aromatic N) is 4. The van der Waals surface area contributed by atoms with E-state index in [-0.39, 0.29) is 5.78 Å². The fourth-order valence-corrected chi connectivity index (χ4v) is 11.1. The second-order valence-electron chi connectivity index (χ2n) is 17.6. The Morgan fingerprint density at radius 3 is 1.15 bits per heavy atom. The van der Waals surface area contributed by atoms with Crippen molar-refractivity contribution in [1.82, 2.24) is 18.3 Å². The van der Waals surface area contributed by atoms with Crippen LogP contribution in [0.2, 0.25) is 0 Å². The van der Waals surface area contributed by atoms with Crippen LogP contribution in [0.25, 0.3) is 105 Å². The van der Waals surface area contributed by atoms with Crippen LogP contribution >= 0.6 is 0 Å². The van der Waals surface area contributed by atoms with Crippen molar-refractivity contribution in [2.24, 2.45) is 0 Å². The first-order valence-electron chi connectivity index (χ1n) is 22.8. The molecule has 0 radical (unpaired) electrons. The number of ketones is 1. The standard InChI is InChI=1S/C61H40N4O/c66-61(39-25-29-41(30-26-39)62-57-23-11-5-17-49(57)51-37-43(33-35-59(51)62)64-53-19-7-1-13-45(53)46-14-2-8-20-54(46)64)40-27-31-42(32-28-40)63-58-24-12-6-18-50(58)52-38-44(34-36-60(52)63)65-55-21-9-3-15-47(55)48-16-4-10-22-56(48)65/h1-3,5-15,17-38H,4,16H2. The van der Waals surface area contributed by atoms with E-state index < -0.39 is 0 Å². The molecule has 0 fully saturated rings. The van der Waals surface area contributed by atoms with Crippen LogP contribution in [0.1, 0.15) is 33.6 Å². The number of carbonyl (C=O) groups is 1. The van der Waals surface area contributed by atoms with Gasteiger partial charge in [-0.25, -0.2) is 0 Å². The van der Waals surface area contributed by atoms with Gasteiger partial charge in [0.2, 0.25) is 0 Å². The Balaban J connectivity index is 0.801. The molecule has 66 heavy (non-hydrogen) atoms. The van der Waals surface area contributed by atoms with Crippen LogP contribution in [-0.4, -0.2) is 24.1 Å². The number of para-hydroxylation sites is 5. The summed E-state index contributed by atoms with van der Waals surface area (Å²) in [6, 6.07) is 73.0. The number of aryl methyl sites for hydroxylation is 1. The maximum Gasteiger partial charge on any atom is 0.193 e. The van der Waals surface area contributed by atoms with Crippen molar-refractivity contribution in [3.05, 3.63) is 235 Å². The molecule has 0 unspecified atom stereocenters. The van der Waals surface area contributed by atoms with Gasteiger partial charge in [0, 0.05) is 77.3 Å². The Bertz CT molecular complexity index is 4120. The predicted octanol–water partition coefficient (Wildman–Crippen LogP) is 15.1. The highest BCUT2D eigenvalue weighted by Crippen LogP contribution is 2.40. The van der Waals surface area contributed by atoms with Crippen molar-refractivity contribution in [3.8, 4) is 22.7 Å². The van der Waals surface area contributed by atoms with Crippen molar-refractivity contribution in [2.45, 2.75) is 12.8 Å². The second kappa shape index (κ2) is 14.2. The molecular weight excluding hydrogens is 805 g/mol. The number of fused-ring (bicyclic) bond motifs is 12. The highest BCUT2D eigenvalue weighted by atomic mass is 16.1. The molecule has 0 saturated carbocycles. The zero-order chi connectivity index (χ0) is 43.5. The van der Waals surface area contributed by atoms with Gasteiger partial charge in [-0.05, 0) is 140 Å². The minimum atomic E-state index is -0.00525. The fourth-order valence-electron chi connectivity index (χ4n) is 11.1. The van der Waals surface area contributed by atoms with Crippen molar-refractivity contribution < 1.29 is 4.79 Å². The average Bonchev–Trinajstić information content (AvgIpc) is 4.11. The van der Waals surface area contributed by atoms with Gasteiger partial charge >= 0.3 is 0 Å². The summed E-state index contributed by atoms with van der Waals surface area (Å²) in [5.74, 6) is -0.00525. The first kappa shape index (κ1) is 36.8. The second-order valence-corrected chi connectivity index (χ2v) is 17.6. The lowest BCUT2D eigenvalue weighted by Gasteiger charge is -2.13. The summed E-state index contributed by atoms with van der Waals surface area (Å²) >= 11 is 0. The largest absolute Gasteiger partial charge is 0.310 e. The Hall–Kier alpha value is -8.67. The molecule has 4 heterocycles. The van der Waals surface area contributed by atoms with Gasteiger partial charge in [-0.1, -0.05) is 97.1 Å². The first-order chi connectivity index (χ1) is 32.7. The molecule has 0 bridgehead atoms. The summed E-state index contributed by atoms with van der Waals surface area (Å²) in [6.45, 7) is 0. The Labute approximate surface area is 379 Å². The number of rotatable bonds is 6. The number of aromatic nitrogens is 4. The molecule has 13 aromatic rings. The number of benzene rings is 9. The van der Waals surface area contributed by atoms with E-state index in [1.54, 1.807) is 0 Å². The van der Waals surface area contributed by atoms with Gasteiger partial charge in [-0.15, -0.1) is 0 Å². The number of allylic oxidation sites excluding steroid dienone is 1. The molecule has 4 aromatic heterocycles. The van der Waals surface area contributed by atoms with Crippen LogP contribution in [-0.2, 0) is 6.42 Å². The van der Waals surface area contributed by atoms with Gasteiger partial charge in [0.1, 0.15) is 0 Å². The van der Waals surface area contributed by atoms with Crippen LogP contribution in [0.15, 0.2) is 212 Å². The molecule has 0 N–H and O–H groups in total. The van der Waals surface area contributed by atoms with E-state index in [1.807, 2.05) is 24.3 Å². The van der Waals surface area contributed by atoms with E-state index in [9.17, 15) is 4.79 Å². The third-order valence-electron chi connectivity index (χ3n) is 14.0. The summed E-state index contributed by atoms with van der Waals surface area (Å²) in [5, 5.41) is 8.58. The summed E-state index contributed by atoms with van der Waals surface area (Å²) in [4.78, 5) is 14.1. The monoisotopic (exact) mass is 844 g/mol. The summed E-state index contributed by atoms with van der Waals surface area (Å²) in [7, 11) is 0. The van der Waals surface area contributed by atoms with Gasteiger partial charge in [-0.2, -0.15) is 0 Å². The number of hydrogen-bond donors (Lipinski definition) is 0. The molecule has 0 spiro atoms. The lowest BCUT2D eigenvalue weighted by Crippen LogP contribution is -2.03. The molecule has 9 aromatic carbocycles. The van der Waals surface area contributed by atoms with Crippen LogP contribution in [0.4, 0.5) is 0 Å². The number of carbonyl (C=O) groups excluding carboxylic acids is 1. The molecule has 0 saturated heterocycles. The van der Waals surface area contributed by atoms with Crippen LogP contribution in [0.5, 0.6) is 0 Å². The Morgan fingerprint density at radius 2 is 0.682 bits per heavy atom. The van der Waals surface area contributed by atoms with Crippen molar-refractivity contribution >= 4 is 88.2 Å². The molecule has 310 valence electrons. The summed E-state index contributed by atoms with van der Waals surface area (Å²) < 4.78 is 9.42. The van der Waals surface area contributed by atoms with Gasteiger partial charge in [0.15, 0.2) is 5.78 Å². The molecule has 5 nitrogen and oxygen atoms in total. The molecule has 14 rings (SSSR count). The average molecular weight is 845 g/mol. The molecule has 0 amide bonds. The highest BCUT2D eigenvalue weighted by Gasteiger charge is 2.21. The van der Waals surface area contributed by atoms with Gasteiger partial charge in [0.25, 0.3) is 0 Å². The first-order valence-corrected chi connectivity index (χ1v) is 22.8. The lowest BCUT2D eigenvalue weighted by atomic mass is 10.0. The SMILES string of the molecule is O=C(c1ccc(-n2c3ccccc3c3cc(-n4c5c(c6ccccc64)CCC=C5)ccc32)cc1)c1ccc(-n2c3ccccc3c3cc(-n4c5ccccc5c5ccccc54)ccc32)cc1. The van der Waals surface area contributed by atoms with Crippen molar-refractivity contribution in [1.29, 1.82) is 0 Å². The zero-order valence-electron chi connectivity index (χ0n) is 35.9. The van der Waals surface area contributed by atoms with E-state index in [4.69, 9.17) is 0 Å². The quantitative estimate of drug-likeness (QED) is 0.154. The topological polar surface area (TPSA) is 36.8 Å². The maximum atomic E-state index is 14.1. The molecule has 0 atom stereocenters. The maximum absolute atomic E-state index is 14.1. The van der Waals surface area contributed by atoms with Crippen LogP contribution in [0.3, 0.4) is 0 Å². The minimum absolute atomic E-state index is 0.00525. The fraction of sp³-hybridized carbons (Fsp3) is 0.0328. The van der Waals surface area contributed by atoms with Crippen LogP contribution < -0.4 is 0 Å². The normalized spacial score (nSPS) is 12.7. The van der Waals surface area contributed by atoms with Crippen LogP contribution in [0, 0.1) is 0 Å². The zero-order valence-corrected chi connectivity index (χ0v) is 35.9. The molecule has 1 aliphatic rings. The molecular formula is C61H40N4O. The molecule has 0 aliphatic heterocycles. The van der Waals surface area contributed by atoms with Gasteiger partial charge in [-0.3, -0.25) is 4.79 Å². The van der Waals surface area contributed by atoms with E-state index in [0.717, 1.165) is 57.7 Å². The number of hydrogen-bond acceptors (Lipinski definition) is 1. The van der Waals surface area contributed by atoms with E-state index in [0.29, 0.717) is 11.1 Å². The third-order valence-corrected chi connectivity index (χ3v) is 14.0. The van der Waals surface area contributed by atoms with Gasteiger partial charge < -0.3 is 18.3 Å². The Kier molecular flexibility index (Phi) is 7.89. The minimum Gasteiger partial charge on any atom is -0.310 e. The third kappa shape index (κ3) is 5.31. The van der Waals surface area contributed by atoms with Crippen molar-refractivity contribution in [2.75, 3.05) is 0 Å². The highest BCUT2D eigenvalue weighted by molar-refractivity contribution is 6.14. The predicted molar refractivity (Wildman–Crippen MR) is 274 cm³/mol. The molecule has 1 aliphatic carbocycles. The summed E-state index contributed by atoms with van der Waals surface area (Å²) in [6.07, 6.45) is 6.71. The van der Waals surface area contributed by atoms with E-state index >= 15 is 0 Å². The smallest absolute Gasteiger partial charge is 0.193 e. The van der Waals surface area contributed by atoms with E-state index in [2.05, 4.69) is 212 Å². The van der Waals surface area contributed by atoms with E-state index in [1.165, 1.54) is 65.5 Å². The summed E-state index contributed by atoms with van der Waals surface area (Å²) in [5.41, 5.74) is 16.4. The lowest BCUT2D eigenvalue weighted by molar-refractivity contribution is 0.103. The molecule has 5 heteroatoms. The van der Waals surface area contributed by atoms with Gasteiger partial charge in [0.05, 0.1) is 38.6 Å². The van der Waals surface area contributed by atoms with Crippen molar-refractivity contribution in [3.63, 3.8) is 0 Å².